The number of hydrogen-bond acceptors (Lipinski definition) is 10. The van der Waals surface area contributed by atoms with Crippen LogP contribution in [0, 0.1) is 0 Å². The number of thiophene rings is 2. The van der Waals surface area contributed by atoms with Crippen LogP contribution in [0.4, 0.5) is 0 Å². The van der Waals surface area contributed by atoms with Crippen molar-refractivity contribution >= 4 is 22.7 Å². The summed E-state index contributed by atoms with van der Waals surface area (Å²) in [7, 11) is 0. The van der Waals surface area contributed by atoms with E-state index in [2.05, 4.69) is 21.5 Å². The third kappa shape index (κ3) is 11.7. The Labute approximate surface area is 210 Å². The molecule has 0 N–H and O–H groups in total. The maximum atomic E-state index is 5.74. The average Bonchev–Trinajstić information content (AvgIpc) is 3.49. The maximum absolute atomic E-state index is 5.74. The van der Waals surface area contributed by atoms with Crippen LogP contribution in [-0.2, 0) is 64.3 Å². The summed E-state index contributed by atoms with van der Waals surface area (Å²) in [6, 6.07) is 0. The molecule has 0 atom stereocenters. The second-order valence-electron chi connectivity index (χ2n) is 7.50. The third-order valence-electron chi connectivity index (χ3n) is 4.93. The molecule has 34 heavy (non-hydrogen) atoms. The normalized spacial score (nSPS) is 20.5. The lowest BCUT2D eigenvalue weighted by Crippen LogP contribution is -2.13. The van der Waals surface area contributed by atoms with Crippen molar-refractivity contribution in [2.24, 2.45) is 0 Å². The van der Waals surface area contributed by atoms with E-state index in [1.165, 1.54) is 0 Å². The zero-order valence-electron chi connectivity index (χ0n) is 19.7. The fraction of sp³-hybridized carbons (Fsp3) is 0.667. The van der Waals surface area contributed by atoms with Gasteiger partial charge in [0.1, 0.15) is 0 Å². The lowest BCUT2D eigenvalue weighted by atomic mass is 10.2. The van der Waals surface area contributed by atoms with E-state index in [4.69, 9.17) is 37.9 Å². The average molecular weight is 517 g/mol. The fourth-order valence-electron chi connectivity index (χ4n) is 3.05. The van der Waals surface area contributed by atoms with E-state index in [1.54, 1.807) is 22.7 Å². The Balaban J connectivity index is 1.35. The van der Waals surface area contributed by atoms with Gasteiger partial charge in [-0.05, 0) is 43.8 Å². The Morgan fingerprint density at radius 2 is 0.529 bits per heavy atom. The molecule has 0 fully saturated rings. The molecule has 3 heterocycles. The van der Waals surface area contributed by atoms with Gasteiger partial charge in [0.25, 0.3) is 0 Å². The van der Waals surface area contributed by atoms with Crippen LogP contribution in [-0.4, -0.2) is 79.3 Å². The van der Waals surface area contributed by atoms with Crippen molar-refractivity contribution in [2.45, 2.75) is 26.4 Å². The number of hydrogen-bond donors (Lipinski definition) is 0. The quantitative estimate of drug-likeness (QED) is 0.525. The van der Waals surface area contributed by atoms with Gasteiger partial charge in [0.05, 0.1) is 106 Å². The second-order valence-corrected chi connectivity index (χ2v) is 8.99. The molecule has 0 radical (unpaired) electrons. The Morgan fingerprint density at radius 3 is 0.765 bits per heavy atom. The molecule has 2 aromatic rings. The standard InChI is InChI=1S/C24H36O8S2/c1-2-26-6-10-30-14-22-18-34-20-24(22)16-32-12-8-28-4-3-27-7-11-31-15-23-19-33-17-21(23)13-29-9-5-25-1/h17-20H,1-16H2. The summed E-state index contributed by atoms with van der Waals surface area (Å²) in [6.45, 7) is 8.74. The van der Waals surface area contributed by atoms with Crippen molar-refractivity contribution < 1.29 is 37.9 Å². The lowest BCUT2D eigenvalue weighted by molar-refractivity contribution is -0.00973. The van der Waals surface area contributed by atoms with Crippen molar-refractivity contribution in [3.63, 3.8) is 0 Å². The molecule has 0 aromatic carbocycles. The molecule has 0 bridgehead atoms. The zero-order valence-corrected chi connectivity index (χ0v) is 21.3. The summed E-state index contributed by atoms with van der Waals surface area (Å²) in [5.41, 5.74) is 4.64. The Kier molecular flexibility index (Phi) is 14.9. The highest BCUT2D eigenvalue weighted by Crippen LogP contribution is 2.18. The van der Waals surface area contributed by atoms with Crippen LogP contribution >= 0.6 is 22.7 Å². The summed E-state index contributed by atoms with van der Waals surface area (Å²) in [6.07, 6.45) is 0. The monoisotopic (exact) mass is 516 g/mol. The van der Waals surface area contributed by atoms with Gasteiger partial charge in [0.15, 0.2) is 0 Å². The molecule has 0 saturated heterocycles. The van der Waals surface area contributed by atoms with Gasteiger partial charge in [0.2, 0.25) is 0 Å². The van der Waals surface area contributed by atoms with Gasteiger partial charge in [0, 0.05) is 0 Å². The molecule has 1 aliphatic rings. The van der Waals surface area contributed by atoms with Gasteiger partial charge in [-0.15, -0.1) is 0 Å². The topological polar surface area (TPSA) is 73.8 Å². The fourth-order valence-corrected chi connectivity index (χ4v) is 4.72. The minimum Gasteiger partial charge on any atom is -0.377 e. The van der Waals surface area contributed by atoms with E-state index in [0.29, 0.717) is 106 Å². The van der Waals surface area contributed by atoms with E-state index in [0.717, 1.165) is 22.3 Å². The second kappa shape index (κ2) is 18.4. The molecule has 0 unspecified atom stereocenters. The molecule has 1 aliphatic heterocycles. The Bertz CT molecular complexity index is 632. The maximum Gasteiger partial charge on any atom is 0.0729 e. The number of ether oxygens (including phenoxy) is 8. The van der Waals surface area contributed by atoms with Crippen LogP contribution in [0.25, 0.3) is 0 Å². The summed E-state index contributed by atoms with van der Waals surface area (Å²) in [5, 5.41) is 8.41. The van der Waals surface area contributed by atoms with Crippen molar-refractivity contribution in [3.05, 3.63) is 43.8 Å². The van der Waals surface area contributed by atoms with E-state index >= 15 is 0 Å². The minimum atomic E-state index is 0.540. The largest absolute Gasteiger partial charge is 0.377 e. The van der Waals surface area contributed by atoms with Crippen LogP contribution in [0.2, 0.25) is 0 Å². The first-order chi connectivity index (χ1) is 16.9. The van der Waals surface area contributed by atoms with Crippen LogP contribution in [0.1, 0.15) is 22.3 Å². The highest BCUT2D eigenvalue weighted by atomic mass is 32.1. The predicted octanol–water partition coefficient (Wildman–Crippen LogP) is 3.66. The molecular weight excluding hydrogens is 480 g/mol. The molecule has 8 nitrogen and oxygen atoms in total. The van der Waals surface area contributed by atoms with Crippen molar-refractivity contribution in [2.75, 3.05) is 79.3 Å². The van der Waals surface area contributed by atoms with Crippen molar-refractivity contribution in [3.8, 4) is 0 Å². The molecule has 3 rings (SSSR count). The molecule has 2 aromatic heterocycles. The van der Waals surface area contributed by atoms with Gasteiger partial charge in [-0.3, -0.25) is 0 Å². The lowest BCUT2D eigenvalue weighted by Gasteiger charge is -2.10. The van der Waals surface area contributed by atoms with E-state index in [-0.39, 0.29) is 0 Å². The van der Waals surface area contributed by atoms with Gasteiger partial charge < -0.3 is 37.9 Å². The van der Waals surface area contributed by atoms with Gasteiger partial charge >= 0.3 is 0 Å². The summed E-state index contributed by atoms with van der Waals surface area (Å²) in [4.78, 5) is 0. The first-order valence-electron chi connectivity index (χ1n) is 11.6. The SMILES string of the molecule is c1scc2c1COCCOCCOCCOCc1cscc1COCCOCCOCCOC2. The van der Waals surface area contributed by atoms with Gasteiger partial charge in [-0.2, -0.15) is 22.7 Å². The van der Waals surface area contributed by atoms with Gasteiger partial charge in [-0.1, -0.05) is 0 Å². The van der Waals surface area contributed by atoms with Gasteiger partial charge in [-0.25, -0.2) is 0 Å². The summed E-state index contributed by atoms with van der Waals surface area (Å²) >= 11 is 3.31. The Morgan fingerprint density at radius 1 is 0.324 bits per heavy atom. The highest BCUT2D eigenvalue weighted by molar-refractivity contribution is 7.08. The van der Waals surface area contributed by atoms with Crippen molar-refractivity contribution in [1.82, 2.24) is 0 Å². The smallest absolute Gasteiger partial charge is 0.0729 e. The summed E-state index contributed by atoms with van der Waals surface area (Å²) in [5.74, 6) is 0. The number of rotatable bonds is 0. The molecular formula is C24H36O8S2. The van der Waals surface area contributed by atoms with Crippen LogP contribution in [0.3, 0.4) is 0 Å². The van der Waals surface area contributed by atoms with Crippen LogP contribution in [0.15, 0.2) is 21.5 Å². The molecule has 0 spiro atoms. The first-order valence-corrected chi connectivity index (χ1v) is 13.5. The van der Waals surface area contributed by atoms with Crippen LogP contribution < -0.4 is 0 Å². The Hall–Kier alpha value is -0.920. The zero-order chi connectivity index (χ0) is 23.5. The highest BCUT2D eigenvalue weighted by Gasteiger charge is 2.06. The van der Waals surface area contributed by atoms with E-state index in [1.807, 2.05) is 0 Å². The predicted molar refractivity (Wildman–Crippen MR) is 131 cm³/mol. The first kappa shape index (κ1) is 27.7. The third-order valence-corrected chi connectivity index (χ3v) is 6.61. The van der Waals surface area contributed by atoms with Crippen LogP contribution in [0.5, 0.6) is 0 Å². The van der Waals surface area contributed by atoms with Crippen molar-refractivity contribution in [1.29, 1.82) is 0 Å². The molecule has 0 saturated carbocycles. The molecule has 0 aliphatic carbocycles. The molecule has 0 amide bonds. The minimum absolute atomic E-state index is 0.540. The summed E-state index contributed by atoms with van der Waals surface area (Å²) < 4.78 is 45.2. The van der Waals surface area contributed by atoms with E-state index in [9.17, 15) is 0 Å². The van der Waals surface area contributed by atoms with E-state index < -0.39 is 0 Å². The molecule has 10 heteroatoms. The molecule has 192 valence electrons. The number of fused-ring (bicyclic) bond motifs is 2.